The van der Waals surface area contributed by atoms with E-state index in [1.807, 2.05) is 4.90 Å². The maximum Gasteiger partial charge on any atom is 0.269 e. The van der Waals surface area contributed by atoms with Crippen molar-refractivity contribution < 1.29 is 14.5 Å². The molecule has 0 aromatic heterocycles. The molecule has 1 aromatic rings. The zero-order valence-electron chi connectivity index (χ0n) is 16.3. The molecule has 2 saturated heterocycles. The summed E-state index contributed by atoms with van der Waals surface area (Å²) in [5.74, 6) is 1.02. The fourth-order valence-corrected chi connectivity index (χ4v) is 4.05. The van der Waals surface area contributed by atoms with Crippen LogP contribution in [-0.2, 0) is 4.79 Å². The number of hydrogen-bond acceptors (Lipinski definition) is 5. The van der Waals surface area contributed by atoms with Crippen molar-refractivity contribution in [2.75, 3.05) is 39.3 Å². The van der Waals surface area contributed by atoms with Gasteiger partial charge in [-0.2, -0.15) is 0 Å². The second-order valence-corrected chi connectivity index (χ2v) is 7.75. The van der Waals surface area contributed by atoms with Gasteiger partial charge < -0.3 is 15.1 Å². The van der Waals surface area contributed by atoms with Crippen molar-refractivity contribution >= 4 is 17.5 Å². The molecular weight excluding hydrogens is 360 g/mol. The zero-order valence-corrected chi connectivity index (χ0v) is 16.3. The van der Waals surface area contributed by atoms with E-state index in [0.717, 1.165) is 25.9 Å². The molecule has 3 rings (SSSR count). The van der Waals surface area contributed by atoms with Crippen molar-refractivity contribution in [3.05, 3.63) is 39.9 Å². The highest BCUT2D eigenvalue weighted by molar-refractivity contribution is 5.94. The summed E-state index contributed by atoms with van der Waals surface area (Å²) in [4.78, 5) is 39.0. The molecule has 2 fully saturated rings. The van der Waals surface area contributed by atoms with Gasteiger partial charge in [0.1, 0.15) is 0 Å². The summed E-state index contributed by atoms with van der Waals surface area (Å²) in [5, 5.41) is 14.1. The second-order valence-electron chi connectivity index (χ2n) is 7.75. The van der Waals surface area contributed by atoms with E-state index in [9.17, 15) is 19.7 Å². The van der Waals surface area contributed by atoms with Crippen LogP contribution in [0.15, 0.2) is 24.3 Å². The molecule has 0 aliphatic carbocycles. The highest BCUT2D eigenvalue weighted by Gasteiger charge is 2.28. The average molecular weight is 388 g/mol. The maximum atomic E-state index is 12.6. The van der Waals surface area contributed by atoms with Gasteiger partial charge in [0.2, 0.25) is 5.91 Å². The van der Waals surface area contributed by atoms with Crippen LogP contribution < -0.4 is 5.32 Å². The summed E-state index contributed by atoms with van der Waals surface area (Å²) in [7, 11) is 0. The number of nitro groups is 1. The summed E-state index contributed by atoms with van der Waals surface area (Å²) in [5.41, 5.74) is 0.403. The normalized spacial score (nSPS) is 19.3. The van der Waals surface area contributed by atoms with Crippen molar-refractivity contribution in [1.82, 2.24) is 15.1 Å². The third-order valence-corrected chi connectivity index (χ3v) is 5.93. The quantitative estimate of drug-likeness (QED) is 0.614. The van der Waals surface area contributed by atoms with E-state index in [0.29, 0.717) is 50.0 Å². The average Bonchev–Trinajstić information content (AvgIpc) is 2.74. The molecule has 0 bridgehead atoms. The van der Waals surface area contributed by atoms with Crippen LogP contribution in [0.3, 0.4) is 0 Å². The van der Waals surface area contributed by atoms with E-state index in [1.165, 1.54) is 24.3 Å². The molecule has 1 atom stereocenters. The van der Waals surface area contributed by atoms with Crippen molar-refractivity contribution in [1.29, 1.82) is 0 Å². The van der Waals surface area contributed by atoms with Crippen LogP contribution in [0.2, 0.25) is 0 Å². The van der Waals surface area contributed by atoms with Gasteiger partial charge >= 0.3 is 0 Å². The van der Waals surface area contributed by atoms with E-state index in [-0.39, 0.29) is 17.5 Å². The van der Waals surface area contributed by atoms with Crippen LogP contribution in [0.4, 0.5) is 5.69 Å². The molecule has 2 aliphatic rings. The molecule has 0 radical (unpaired) electrons. The van der Waals surface area contributed by atoms with Gasteiger partial charge in [0, 0.05) is 50.3 Å². The Kier molecular flexibility index (Phi) is 6.61. The van der Waals surface area contributed by atoms with E-state index < -0.39 is 4.92 Å². The summed E-state index contributed by atoms with van der Waals surface area (Å²) in [6.07, 6.45) is 2.83. The van der Waals surface area contributed by atoms with Crippen LogP contribution >= 0.6 is 0 Å². The minimum absolute atomic E-state index is 0.0326. The van der Waals surface area contributed by atoms with Crippen molar-refractivity contribution in [3.63, 3.8) is 0 Å². The topological polar surface area (TPSA) is 95.8 Å². The summed E-state index contributed by atoms with van der Waals surface area (Å²) >= 11 is 0. The predicted molar refractivity (Wildman–Crippen MR) is 105 cm³/mol. The van der Waals surface area contributed by atoms with E-state index in [1.54, 1.807) is 4.90 Å². The van der Waals surface area contributed by atoms with Crippen LogP contribution in [0.1, 0.15) is 36.5 Å². The van der Waals surface area contributed by atoms with Crippen molar-refractivity contribution in [2.24, 2.45) is 11.8 Å². The van der Waals surface area contributed by atoms with Gasteiger partial charge in [0.05, 0.1) is 4.92 Å². The monoisotopic (exact) mass is 388 g/mol. The first-order valence-corrected chi connectivity index (χ1v) is 9.98. The van der Waals surface area contributed by atoms with Gasteiger partial charge in [-0.1, -0.05) is 6.92 Å². The summed E-state index contributed by atoms with van der Waals surface area (Å²) in [6.45, 7) is 6.29. The van der Waals surface area contributed by atoms with E-state index >= 15 is 0 Å². The van der Waals surface area contributed by atoms with Gasteiger partial charge in [-0.15, -0.1) is 0 Å². The Hall–Kier alpha value is -2.48. The number of rotatable bonds is 5. The Morgan fingerprint density at radius 3 is 2.25 bits per heavy atom. The SMILES string of the molecule is CC(CC(=O)N1CCN(C(=O)c2ccc([N+](=O)[O-])cc2)CC1)C1CCNCC1. The first-order chi connectivity index (χ1) is 13.5. The van der Waals surface area contributed by atoms with Crippen molar-refractivity contribution in [2.45, 2.75) is 26.2 Å². The zero-order chi connectivity index (χ0) is 20.1. The lowest BCUT2D eigenvalue weighted by atomic mass is 9.84. The standard InChI is InChI=1S/C20H28N4O4/c1-15(16-6-8-21-9-7-16)14-19(25)22-10-12-23(13-11-22)20(26)17-2-4-18(5-3-17)24(27)28/h2-5,15-16,21H,6-14H2,1H3. The number of nitrogens with one attached hydrogen (secondary N) is 1. The molecule has 2 amide bonds. The van der Waals surface area contributed by atoms with Gasteiger partial charge in [-0.05, 0) is 49.9 Å². The van der Waals surface area contributed by atoms with Crippen LogP contribution in [0, 0.1) is 22.0 Å². The molecule has 0 spiro atoms. The largest absolute Gasteiger partial charge is 0.339 e. The molecular formula is C20H28N4O4. The van der Waals surface area contributed by atoms with Crippen LogP contribution in [-0.4, -0.2) is 65.8 Å². The minimum Gasteiger partial charge on any atom is -0.339 e. The van der Waals surface area contributed by atoms with Crippen LogP contribution in [0.25, 0.3) is 0 Å². The molecule has 2 heterocycles. The minimum atomic E-state index is -0.483. The van der Waals surface area contributed by atoms with Crippen molar-refractivity contribution in [3.8, 4) is 0 Å². The molecule has 8 nitrogen and oxygen atoms in total. The number of benzene rings is 1. The van der Waals surface area contributed by atoms with Gasteiger partial charge in [-0.25, -0.2) is 0 Å². The Morgan fingerprint density at radius 1 is 1.11 bits per heavy atom. The molecule has 1 unspecified atom stereocenters. The first kappa shape index (κ1) is 20.3. The Balaban J connectivity index is 1.48. The lowest BCUT2D eigenvalue weighted by Gasteiger charge is -2.36. The highest BCUT2D eigenvalue weighted by atomic mass is 16.6. The first-order valence-electron chi connectivity index (χ1n) is 9.98. The number of amides is 2. The molecule has 8 heteroatoms. The maximum absolute atomic E-state index is 12.6. The Morgan fingerprint density at radius 2 is 1.68 bits per heavy atom. The Labute approximate surface area is 165 Å². The lowest BCUT2D eigenvalue weighted by molar-refractivity contribution is -0.384. The fraction of sp³-hybridized carbons (Fsp3) is 0.600. The number of nitro benzene ring substituents is 1. The fourth-order valence-electron chi connectivity index (χ4n) is 4.05. The number of piperazine rings is 1. The van der Waals surface area contributed by atoms with E-state index in [2.05, 4.69) is 12.2 Å². The smallest absolute Gasteiger partial charge is 0.269 e. The second kappa shape index (κ2) is 9.14. The Bertz CT molecular complexity index is 707. The van der Waals surface area contributed by atoms with E-state index in [4.69, 9.17) is 0 Å². The van der Waals surface area contributed by atoms with Gasteiger partial charge in [-0.3, -0.25) is 19.7 Å². The predicted octanol–water partition coefficient (Wildman–Crippen LogP) is 1.90. The third-order valence-electron chi connectivity index (χ3n) is 5.93. The summed E-state index contributed by atoms with van der Waals surface area (Å²) < 4.78 is 0. The number of carbonyl (C=O) groups is 2. The number of piperidine rings is 1. The molecule has 0 saturated carbocycles. The van der Waals surface area contributed by atoms with Crippen LogP contribution in [0.5, 0.6) is 0 Å². The highest BCUT2D eigenvalue weighted by Crippen LogP contribution is 2.25. The summed E-state index contributed by atoms with van der Waals surface area (Å²) in [6, 6.07) is 5.65. The lowest BCUT2D eigenvalue weighted by Crippen LogP contribution is -2.51. The molecule has 28 heavy (non-hydrogen) atoms. The van der Waals surface area contributed by atoms with Gasteiger partial charge in [0.15, 0.2) is 0 Å². The number of non-ortho nitro benzene ring substituents is 1. The number of hydrogen-bond donors (Lipinski definition) is 1. The van der Waals surface area contributed by atoms with Gasteiger partial charge in [0.25, 0.3) is 11.6 Å². The number of carbonyl (C=O) groups excluding carboxylic acids is 2. The molecule has 1 aromatic carbocycles. The third kappa shape index (κ3) is 4.86. The molecule has 2 aliphatic heterocycles. The number of nitrogens with zero attached hydrogens (tertiary/aromatic N) is 3. The molecule has 152 valence electrons. The molecule has 1 N–H and O–H groups in total.